The van der Waals surface area contributed by atoms with Crippen LogP contribution in [0, 0.1) is 6.92 Å². The van der Waals surface area contributed by atoms with Crippen LogP contribution in [0.2, 0.25) is 0 Å². The normalized spacial score (nSPS) is 15.4. The average Bonchev–Trinajstić information content (AvgIpc) is 3.33. The fourth-order valence-electron chi connectivity index (χ4n) is 3.69. The molecule has 1 N–H and O–H groups in total. The van der Waals surface area contributed by atoms with Gasteiger partial charge in [0.1, 0.15) is 17.3 Å². The fraction of sp³-hybridized carbons (Fsp3) is 0.304. The molecule has 9 heteroatoms. The van der Waals surface area contributed by atoms with Gasteiger partial charge in [0.05, 0.1) is 24.6 Å². The zero-order valence-corrected chi connectivity index (χ0v) is 18.0. The van der Waals surface area contributed by atoms with Crippen molar-refractivity contribution in [1.29, 1.82) is 0 Å². The van der Waals surface area contributed by atoms with Gasteiger partial charge in [0.25, 0.3) is 11.8 Å². The Hall–Kier alpha value is -3.88. The van der Waals surface area contributed by atoms with Crippen molar-refractivity contribution in [3.8, 4) is 5.75 Å². The molecule has 1 aliphatic rings. The van der Waals surface area contributed by atoms with E-state index in [2.05, 4.69) is 25.3 Å². The summed E-state index contributed by atoms with van der Waals surface area (Å²) in [5, 5.41) is 2.90. The first-order chi connectivity index (χ1) is 15.5. The summed E-state index contributed by atoms with van der Waals surface area (Å²) >= 11 is 0. The highest BCUT2D eigenvalue weighted by Gasteiger charge is 2.30. The number of rotatable bonds is 6. The Morgan fingerprint density at radius 3 is 2.84 bits per heavy atom. The van der Waals surface area contributed by atoms with E-state index in [9.17, 15) is 9.59 Å². The molecule has 164 valence electrons. The number of likely N-dealkylation sites (tertiary alicyclic amines) is 1. The molecular formula is C23H24N6O3. The van der Waals surface area contributed by atoms with Crippen molar-refractivity contribution in [1.82, 2.24) is 30.2 Å². The molecule has 1 fully saturated rings. The first-order valence-electron chi connectivity index (χ1n) is 10.3. The van der Waals surface area contributed by atoms with Crippen molar-refractivity contribution in [2.45, 2.75) is 25.8 Å². The van der Waals surface area contributed by atoms with Crippen molar-refractivity contribution in [2.75, 3.05) is 20.2 Å². The van der Waals surface area contributed by atoms with Crippen LogP contribution >= 0.6 is 0 Å². The second-order valence-electron chi connectivity index (χ2n) is 7.59. The van der Waals surface area contributed by atoms with Gasteiger partial charge in [-0.3, -0.25) is 14.6 Å². The lowest BCUT2D eigenvalue weighted by molar-refractivity contribution is 0.0784. The number of hydrogen-bond acceptors (Lipinski definition) is 7. The SMILES string of the molecule is COc1cccc(CNC(=O)c2cnc(C3CCN(C(=O)c4cnccn4)C3)nc2C)c1. The van der Waals surface area contributed by atoms with E-state index in [0.717, 1.165) is 17.7 Å². The minimum atomic E-state index is -0.234. The van der Waals surface area contributed by atoms with Crippen LogP contribution in [0.25, 0.3) is 0 Å². The summed E-state index contributed by atoms with van der Waals surface area (Å²) in [4.78, 5) is 44.0. The van der Waals surface area contributed by atoms with Crippen LogP contribution in [-0.4, -0.2) is 56.8 Å². The van der Waals surface area contributed by atoms with E-state index in [1.807, 2.05) is 24.3 Å². The van der Waals surface area contributed by atoms with Crippen LogP contribution in [0.3, 0.4) is 0 Å². The smallest absolute Gasteiger partial charge is 0.274 e. The van der Waals surface area contributed by atoms with Gasteiger partial charge < -0.3 is 15.0 Å². The molecule has 2 aromatic heterocycles. The molecule has 32 heavy (non-hydrogen) atoms. The third-order valence-electron chi connectivity index (χ3n) is 5.45. The Morgan fingerprint density at radius 2 is 2.09 bits per heavy atom. The van der Waals surface area contributed by atoms with Gasteiger partial charge in [0.2, 0.25) is 0 Å². The fourth-order valence-corrected chi connectivity index (χ4v) is 3.69. The number of benzene rings is 1. The van der Waals surface area contributed by atoms with Crippen LogP contribution in [0.15, 0.2) is 49.1 Å². The van der Waals surface area contributed by atoms with Crippen molar-refractivity contribution < 1.29 is 14.3 Å². The zero-order valence-electron chi connectivity index (χ0n) is 18.0. The van der Waals surface area contributed by atoms with E-state index >= 15 is 0 Å². The van der Waals surface area contributed by atoms with Gasteiger partial charge >= 0.3 is 0 Å². The molecule has 3 aromatic rings. The Morgan fingerprint density at radius 1 is 1.22 bits per heavy atom. The quantitative estimate of drug-likeness (QED) is 0.635. The van der Waals surface area contributed by atoms with E-state index in [1.165, 1.54) is 18.6 Å². The van der Waals surface area contributed by atoms with Gasteiger partial charge in [-0.1, -0.05) is 12.1 Å². The van der Waals surface area contributed by atoms with Crippen LogP contribution in [0.1, 0.15) is 50.3 Å². The van der Waals surface area contributed by atoms with Crippen LogP contribution in [0.5, 0.6) is 5.75 Å². The second-order valence-corrected chi connectivity index (χ2v) is 7.59. The van der Waals surface area contributed by atoms with E-state index in [1.54, 1.807) is 25.1 Å². The summed E-state index contributed by atoms with van der Waals surface area (Å²) in [6.45, 7) is 3.28. The summed E-state index contributed by atoms with van der Waals surface area (Å²) in [5.74, 6) is 1.02. The molecule has 0 saturated carbocycles. The highest BCUT2D eigenvalue weighted by molar-refractivity contribution is 5.94. The van der Waals surface area contributed by atoms with E-state index < -0.39 is 0 Å². The lowest BCUT2D eigenvalue weighted by Gasteiger charge is -2.16. The number of carbonyl (C=O) groups excluding carboxylic acids is 2. The van der Waals surface area contributed by atoms with Gasteiger partial charge in [-0.25, -0.2) is 15.0 Å². The van der Waals surface area contributed by atoms with Crippen molar-refractivity contribution in [2.24, 2.45) is 0 Å². The van der Waals surface area contributed by atoms with E-state index in [4.69, 9.17) is 4.74 Å². The number of amides is 2. The van der Waals surface area contributed by atoms with Crippen molar-refractivity contribution in [3.63, 3.8) is 0 Å². The number of hydrogen-bond donors (Lipinski definition) is 1. The van der Waals surface area contributed by atoms with Gasteiger partial charge in [-0.15, -0.1) is 0 Å². The van der Waals surface area contributed by atoms with Crippen LogP contribution in [-0.2, 0) is 6.54 Å². The number of nitrogens with one attached hydrogen (secondary N) is 1. The molecule has 0 spiro atoms. The summed E-state index contributed by atoms with van der Waals surface area (Å²) in [6.07, 6.45) is 6.83. The number of methoxy groups -OCH3 is 1. The summed E-state index contributed by atoms with van der Waals surface area (Å²) < 4.78 is 5.21. The minimum Gasteiger partial charge on any atom is -0.497 e. The minimum absolute atomic E-state index is 0.0169. The third kappa shape index (κ3) is 4.72. The summed E-state index contributed by atoms with van der Waals surface area (Å²) in [5.41, 5.74) is 2.30. The Kier molecular flexibility index (Phi) is 6.34. The average molecular weight is 432 g/mol. The predicted molar refractivity (Wildman–Crippen MR) is 116 cm³/mol. The highest BCUT2D eigenvalue weighted by atomic mass is 16.5. The number of nitrogens with zero attached hydrogens (tertiary/aromatic N) is 5. The first-order valence-corrected chi connectivity index (χ1v) is 10.3. The van der Waals surface area contributed by atoms with Gasteiger partial charge in [0, 0.05) is 44.1 Å². The molecule has 0 radical (unpaired) electrons. The highest BCUT2D eigenvalue weighted by Crippen LogP contribution is 2.26. The molecule has 0 bridgehead atoms. The van der Waals surface area contributed by atoms with Gasteiger partial charge in [-0.05, 0) is 31.0 Å². The number of ether oxygens (including phenoxy) is 1. The van der Waals surface area contributed by atoms with Crippen molar-refractivity contribution in [3.05, 3.63) is 77.4 Å². The molecule has 1 unspecified atom stereocenters. The van der Waals surface area contributed by atoms with Crippen molar-refractivity contribution >= 4 is 11.8 Å². The molecular weight excluding hydrogens is 408 g/mol. The molecule has 2 amide bonds. The standard InChI is InChI=1S/C23H24N6O3/c1-15-19(22(30)27-11-16-4-3-5-18(10-16)32-2)12-26-21(28-15)17-6-9-29(14-17)23(31)20-13-24-7-8-25-20/h3-5,7-8,10,12-13,17H,6,9,11,14H2,1-2H3,(H,27,30). The van der Waals surface area contributed by atoms with Gasteiger partial charge in [-0.2, -0.15) is 0 Å². The maximum absolute atomic E-state index is 12.6. The number of carbonyl (C=O) groups is 2. The van der Waals surface area contributed by atoms with E-state index in [-0.39, 0.29) is 17.7 Å². The lowest BCUT2D eigenvalue weighted by Crippen LogP contribution is -2.29. The Bertz CT molecular complexity index is 1120. The molecule has 3 heterocycles. The molecule has 1 atom stereocenters. The lowest BCUT2D eigenvalue weighted by atomic mass is 10.1. The summed E-state index contributed by atoms with van der Waals surface area (Å²) in [6, 6.07) is 7.53. The number of aryl methyl sites for hydroxylation is 1. The predicted octanol–water partition coefficient (Wildman–Crippen LogP) is 2.14. The molecule has 9 nitrogen and oxygen atoms in total. The molecule has 0 aliphatic carbocycles. The van der Waals surface area contributed by atoms with Gasteiger partial charge in [0.15, 0.2) is 0 Å². The Labute approximate surface area is 185 Å². The first kappa shape index (κ1) is 21.4. The summed E-state index contributed by atoms with van der Waals surface area (Å²) in [7, 11) is 1.61. The largest absolute Gasteiger partial charge is 0.497 e. The van der Waals surface area contributed by atoms with Crippen LogP contribution in [0.4, 0.5) is 0 Å². The number of aromatic nitrogens is 4. The topological polar surface area (TPSA) is 110 Å². The Balaban J connectivity index is 1.38. The second kappa shape index (κ2) is 9.51. The zero-order chi connectivity index (χ0) is 22.5. The third-order valence-corrected chi connectivity index (χ3v) is 5.45. The molecule has 1 aliphatic heterocycles. The maximum Gasteiger partial charge on any atom is 0.274 e. The monoisotopic (exact) mass is 432 g/mol. The molecule has 1 aromatic carbocycles. The van der Waals surface area contributed by atoms with E-state index in [0.29, 0.717) is 42.4 Å². The van der Waals surface area contributed by atoms with Crippen LogP contribution < -0.4 is 10.1 Å². The molecule has 1 saturated heterocycles. The molecule has 4 rings (SSSR count). The maximum atomic E-state index is 12.6.